The fraction of sp³-hybridized carbons (Fsp3) is 0.778. The van der Waals surface area contributed by atoms with Crippen LogP contribution in [0.4, 0.5) is 0 Å². The molecule has 2 saturated heterocycles. The molecule has 0 aliphatic carbocycles. The van der Waals surface area contributed by atoms with Crippen molar-refractivity contribution < 1.29 is 9.59 Å². The summed E-state index contributed by atoms with van der Waals surface area (Å²) in [6, 6.07) is -0.272. The van der Waals surface area contributed by atoms with E-state index in [1.807, 2.05) is 6.92 Å². The fourth-order valence-corrected chi connectivity index (χ4v) is 2.19. The van der Waals surface area contributed by atoms with Crippen molar-refractivity contribution in [2.75, 3.05) is 20.1 Å². The van der Waals surface area contributed by atoms with Crippen LogP contribution < -0.4 is 5.43 Å². The summed E-state index contributed by atoms with van der Waals surface area (Å²) < 4.78 is 0. The van der Waals surface area contributed by atoms with E-state index >= 15 is 0 Å². The summed E-state index contributed by atoms with van der Waals surface area (Å²) in [5.41, 5.74) is 2.74. The minimum atomic E-state index is -0.272. The van der Waals surface area contributed by atoms with Gasteiger partial charge in [0.05, 0.1) is 5.92 Å². The van der Waals surface area contributed by atoms with Crippen molar-refractivity contribution in [1.29, 1.82) is 0 Å². The SMILES string of the molecule is CCN1NC(=O)C2CCN(C)C(=O)C21. The van der Waals surface area contributed by atoms with Gasteiger partial charge in [-0.05, 0) is 6.42 Å². The Labute approximate surface area is 83.0 Å². The number of piperidine rings is 1. The smallest absolute Gasteiger partial charge is 0.242 e. The van der Waals surface area contributed by atoms with E-state index in [0.717, 1.165) is 6.42 Å². The highest BCUT2D eigenvalue weighted by molar-refractivity contribution is 5.93. The standard InChI is InChI=1S/C9H15N3O2/c1-3-12-7-6(8(13)10-12)4-5-11(2)9(7)14/h6-7H,3-5H2,1-2H3,(H,10,13). The van der Waals surface area contributed by atoms with E-state index in [-0.39, 0.29) is 23.8 Å². The molecule has 0 aromatic heterocycles. The van der Waals surface area contributed by atoms with Gasteiger partial charge in [-0.3, -0.25) is 15.0 Å². The Kier molecular flexibility index (Phi) is 2.19. The molecule has 14 heavy (non-hydrogen) atoms. The number of carbonyl (C=O) groups excluding carboxylic acids is 2. The van der Waals surface area contributed by atoms with Gasteiger partial charge in [-0.2, -0.15) is 0 Å². The van der Waals surface area contributed by atoms with E-state index in [9.17, 15) is 9.59 Å². The van der Waals surface area contributed by atoms with Gasteiger partial charge in [0.2, 0.25) is 11.8 Å². The second-order valence-corrected chi connectivity index (χ2v) is 3.86. The largest absolute Gasteiger partial charge is 0.344 e. The highest BCUT2D eigenvalue weighted by Crippen LogP contribution is 2.26. The zero-order valence-corrected chi connectivity index (χ0v) is 8.49. The zero-order valence-electron chi connectivity index (χ0n) is 8.49. The van der Waals surface area contributed by atoms with E-state index in [1.165, 1.54) is 0 Å². The molecule has 2 aliphatic heterocycles. The third kappa shape index (κ3) is 1.19. The average molecular weight is 197 g/mol. The lowest BCUT2D eigenvalue weighted by atomic mass is 9.92. The van der Waals surface area contributed by atoms with E-state index < -0.39 is 0 Å². The van der Waals surface area contributed by atoms with Gasteiger partial charge in [0.25, 0.3) is 0 Å². The van der Waals surface area contributed by atoms with E-state index in [4.69, 9.17) is 0 Å². The van der Waals surface area contributed by atoms with Gasteiger partial charge in [-0.15, -0.1) is 0 Å². The first-order valence-electron chi connectivity index (χ1n) is 4.97. The first-order valence-corrected chi connectivity index (χ1v) is 4.97. The Morgan fingerprint density at radius 2 is 2.21 bits per heavy atom. The number of fused-ring (bicyclic) bond motifs is 1. The van der Waals surface area contributed by atoms with Crippen LogP contribution in [0, 0.1) is 5.92 Å². The predicted molar refractivity (Wildman–Crippen MR) is 50.1 cm³/mol. The van der Waals surface area contributed by atoms with Gasteiger partial charge in [-0.25, -0.2) is 5.01 Å². The van der Waals surface area contributed by atoms with Crippen LogP contribution in [-0.2, 0) is 9.59 Å². The Balaban J connectivity index is 2.24. The molecule has 0 aromatic carbocycles. The number of likely N-dealkylation sites (tertiary alicyclic amines) is 1. The molecule has 0 aromatic rings. The number of hydrogen-bond acceptors (Lipinski definition) is 3. The van der Waals surface area contributed by atoms with Crippen molar-refractivity contribution in [1.82, 2.24) is 15.3 Å². The maximum Gasteiger partial charge on any atom is 0.242 e. The lowest BCUT2D eigenvalue weighted by molar-refractivity contribution is -0.140. The molecule has 2 atom stereocenters. The highest BCUT2D eigenvalue weighted by atomic mass is 16.2. The molecule has 2 aliphatic rings. The van der Waals surface area contributed by atoms with Crippen molar-refractivity contribution >= 4 is 11.8 Å². The van der Waals surface area contributed by atoms with Gasteiger partial charge in [0.1, 0.15) is 6.04 Å². The molecule has 2 unspecified atom stereocenters. The average Bonchev–Trinajstić information content (AvgIpc) is 2.50. The van der Waals surface area contributed by atoms with E-state index in [2.05, 4.69) is 5.43 Å². The Bertz CT molecular complexity index is 279. The number of amides is 2. The van der Waals surface area contributed by atoms with Crippen LogP contribution in [0.2, 0.25) is 0 Å². The minimum Gasteiger partial charge on any atom is -0.344 e. The van der Waals surface area contributed by atoms with Crippen LogP contribution in [0.1, 0.15) is 13.3 Å². The summed E-state index contributed by atoms with van der Waals surface area (Å²) >= 11 is 0. The van der Waals surface area contributed by atoms with Gasteiger partial charge in [0, 0.05) is 20.1 Å². The van der Waals surface area contributed by atoms with Crippen LogP contribution in [0.25, 0.3) is 0 Å². The number of nitrogens with one attached hydrogen (secondary N) is 1. The lowest BCUT2D eigenvalue weighted by Crippen LogP contribution is -2.52. The van der Waals surface area contributed by atoms with Crippen molar-refractivity contribution in [2.24, 2.45) is 5.92 Å². The van der Waals surface area contributed by atoms with Crippen LogP contribution in [-0.4, -0.2) is 47.9 Å². The Hall–Kier alpha value is -1.10. The summed E-state index contributed by atoms with van der Waals surface area (Å²) in [7, 11) is 1.79. The fourth-order valence-electron chi connectivity index (χ4n) is 2.19. The van der Waals surface area contributed by atoms with Crippen LogP contribution in [0.3, 0.4) is 0 Å². The molecule has 2 rings (SSSR count). The van der Waals surface area contributed by atoms with Gasteiger partial charge in [-0.1, -0.05) is 6.92 Å². The second kappa shape index (κ2) is 3.24. The number of carbonyl (C=O) groups is 2. The summed E-state index contributed by atoms with van der Waals surface area (Å²) in [5, 5.41) is 1.74. The monoisotopic (exact) mass is 197 g/mol. The quantitative estimate of drug-likeness (QED) is 0.599. The van der Waals surface area contributed by atoms with E-state index in [0.29, 0.717) is 13.1 Å². The third-order valence-electron chi connectivity index (χ3n) is 3.05. The first kappa shape index (κ1) is 9.45. The molecule has 0 bridgehead atoms. The maximum atomic E-state index is 11.8. The molecular weight excluding hydrogens is 182 g/mol. The van der Waals surface area contributed by atoms with Gasteiger partial charge in [0.15, 0.2) is 0 Å². The van der Waals surface area contributed by atoms with Crippen molar-refractivity contribution in [3.8, 4) is 0 Å². The number of hydrazine groups is 1. The summed E-state index contributed by atoms with van der Waals surface area (Å²) in [4.78, 5) is 25.0. The molecule has 78 valence electrons. The number of rotatable bonds is 1. The first-order chi connectivity index (χ1) is 6.65. The normalized spacial score (nSPS) is 33.1. The number of likely N-dealkylation sites (N-methyl/N-ethyl adjacent to an activating group) is 2. The third-order valence-corrected chi connectivity index (χ3v) is 3.05. The van der Waals surface area contributed by atoms with Crippen LogP contribution in [0.5, 0.6) is 0 Å². The Morgan fingerprint density at radius 3 is 2.86 bits per heavy atom. The maximum absolute atomic E-state index is 11.8. The summed E-state index contributed by atoms with van der Waals surface area (Å²) in [5.74, 6) is -0.0848. The molecule has 2 heterocycles. The predicted octanol–water partition coefficient (Wildman–Crippen LogP) is -0.800. The summed E-state index contributed by atoms with van der Waals surface area (Å²) in [6.45, 7) is 3.29. The van der Waals surface area contributed by atoms with Crippen LogP contribution >= 0.6 is 0 Å². The molecule has 5 nitrogen and oxygen atoms in total. The van der Waals surface area contributed by atoms with E-state index in [1.54, 1.807) is 17.0 Å². The van der Waals surface area contributed by atoms with Crippen molar-refractivity contribution in [2.45, 2.75) is 19.4 Å². The molecule has 0 radical (unpaired) electrons. The minimum absolute atomic E-state index is 0.00157. The van der Waals surface area contributed by atoms with Gasteiger partial charge < -0.3 is 4.90 Å². The second-order valence-electron chi connectivity index (χ2n) is 3.86. The van der Waals surface area contributed by atoms with Crippen molar-refractivity contribution in [3.63, 3.8) is 0 Å². The molecule has 5 heteroatoms. The van der Waals surface area contributed by atoms with Crippen molar-refractivity contribution in [3.05, 3.63) is 0 Å². The molecule has 2 amide bonds. The molecule has 2 fully saturated rings. The summed E-state index contributed by atoms with van der Waals surface area (Å²) in [6.07, 6.45) is 0.773. The topological polar surface area (TPSA) is 52.7 Å². The van der Waals surface area contributed by atoms with Crippen LogP contribution in [0.15, 0.2) is 0 Å². The number of hydrogen-bond donors (Lipinski definition) is 1. The zero-order chi connectivity index (χ0) is 10.3. The molecule has 0 spiro atoms. The molecule has 1 N–H and O–H groups in total. The number of nitrogens with zero attached hydrogens (tertiary/aromatic N) is 2. The molecule has 0 saturated carbocycles. The van der Waals surface area contributed by atoms with Gasteiger partial charge >= 0.3 is 0 Å². The lowest BCUT2D eigenvalue weighted by Gasteiger charge is -2.33. The highest BCUT2D eigenvalue weighted by Gasteiger charge is 2.47. The molecular formula is C9H15N3O2. The Morgan fingerprint density at radius 1 is 1.50 bits per heavy atom.